The molecule has 8 heteroatoms. The van der Waals surface area contributed by atoms with E-state index in [0.717, 1.165) is 23.8 Å². The number of primary amides is 1. The van der Waals surface area contributed by atoms with Gasteiger partial charge in [-0.15, -0.1) is 16.8 Å². The summed E-state index contributed by atoms with van der Waals surface area (Å²) in [5.74, 6) is 1.03. The Morgan fingerprint density at radius 3 is 2.64 bits per heavy atom. The molecule has 0 radical (unpaired) electrons. The van der Waals surface area contributed by atoms with Crippen LogP contribution in [-0.2, 0) is 11.3 Å². The summed E-state index contributed by atoms with van der Waals surface area (Å²) < 4.78 is 2.02. The van der Waals surface area contributed by atoms with Crippen LogP contribution in [0.2, 0.25) is 0 Å². The first-order chi connectivity index (χ1) is 12.1. The van der Waals surface area contributed by atoms with Crippen LogP contribution in [0.5, 0.6) is 0 Å². The van der Waals surface area contributed by atoms with E-state index < -0.39 is 5.91 Å². The summed E-state index contributed by atoms with van der Waals surface area (Å²) in [6.07, 6.45) is 4.09. The molecule has 1 aliphatic rings. The highest BCUT2D eigenvalue weighted by Crippen LogP contribution is 2.40. The number of nitrogens with one attached hydrogen (secondary N) is 1. The van der Waals surface area contributed by atoms with Crippen molar-refractivity contribution in [1.29, 1.82) is 0 Å². The van der Waals surface area contributed by atoms with Crippen LogP contribution >= 0.6 is 11.8 Å². The highest BCUT2D eigenvalue weighted by Gasteiger charge is 2.30. The van der Waals surface area contributed by atoms with Crippen molar-refractivity contribution in [2.45, 2.75) is 30.5 Å². The number of allylic oxidation sites excluding steroid dienone is 1. The van der Waals surface area contributed by atoms with E-state index in [9.17, 15) is 9.59 Å². The summed E-state index contributed by atoms with van der Waals surface area (Å²) in [4.78, 5) is 23.2. The zero-order valence-corrected chi connectivity index (χ0v) is 14.5. The van der Waals surface area contributed by atoms with Gasteiger partial charge in [-0.05, 0) is 37.1 Å². The Labute approximate surface area is 149 Å². The quantitative estimate of drug-likeness (QED) is 0.557. The van der Waals surface area contributed by atoms with E-state index in [2.05, 4.69) is 22.1 Å². The van der Waals surface area contributed by atoms with Gasteiger partial charge in [-0.1, -0.05) is 17.8 Å². The van der Waals surface area contributed by atoms with Gasteiger partial charge in [0.1, 0.15) is 5.82 Å². The maximum atomic E-state index is 12.1. The smallest absolute Gasteiger partial charge is 0.248 e. The van der Waals surface area contributed by atoms with Gasteiger partial charge < -0.3 is 15.6 Å². The molecule has 1 heterocycles. The zero-order valence-electron chi connectivity index (χ0n) is 13.6. The third kappa shape index (κ3) is 4.27. The Morgan fingerprint density at radius 2 is 2.04 bits per heavy atom. The molecule has 1 aliphatic carbocycles. The Balaban J connectivity index is 1.58. The number of anilines is 1. The van der Waals surface area contributed by atoms with Crippen LogP contribution in [-0.4, -0.2) is 32.3 Å². The van der Waals surface area contributed by atoms with Crippen LogP contribution in [0.4, 0.5) is 5.69 Å². The standard InChI is InChI=1S/C17H19N5O2S/c1-2-9-22-16(12-3-4-12)20-21-17(22)25-10-14(23)19-13-7-5-11(6-8-13)15(18)24/h2,5-8,12H,1,3-4,9-10H2,(H2,18,24)(H,19,23). The topological polar surface area (TPSA) is 103 Å². The first-order valence-electron chi connectivity index (χ1n) is 7.95. The molecule has 1 aromatic heterocycles. The normalized spacial score (nSPS) is 13.4. The van der Waals surface area contributed by atoms with Crippen molar-refractivity contribution < 1.29 is 9.59 Å². The van der Waals surface area contributed by atoms with Crippen LogP contribution in [0.15, 0.2) is 42.1 Å². The van der Waals surface area contributed by atoms with E-state index in [0.29, 0.717) is 23.7 Å². The molecule has 3 rings (SSSR count). The highest BCUT2D eigenvalue weighted by atomic mass is 32.2. The molecule has 3 N–H and O–H groups in total. The predicted molar refractivity (Wildman–Crippen MR) is 96.5 cm³/mol. The summed E-state index contributed by atoms with van der Waals surface area (Å²) in [7, 11) is 0. The van der Waals surface area contributed by atoms with Crippen molar-refractivity contribution in [2.24, 2.45) is 5.73 Å². The van der Waals surface area contributed by atoms with Crippen molar-refractivity contribution >= 4 is 29.3 Å². The molecular formula is C17H19N5O2S. The number of nitrogens with two attached hydrogens (primary N) is 1. The first-order valence-corrected chi connectivity index (χ1v) is 8.93. The predicted octanol–water partition coefficient (Wildman–Crippen LogP) is 2.17. The Kier molecular flexibility index (Phi) is 5.18. The van der Waals surface area contributed by atoms with Crippen molar-refractivity contribution in [3.05, 3.63) is 48.3 Å². The van der Waals surface area contributed by atoms with E-state index in [1.165, 1.54) is 11.8 Å². The maximum absolute atomic E-state index is 12.1. The van der Waals surface area contributed by atoms with Crippen LogP contribution in [0.1, 0.15) is 34.9 Å². The maximum Gasteiger partial charge on any atom is 0.248 e. The van der Waals surface area contributed by atoms with Gasteiger partial charge in [0, 0.05) is 23.7 Å². The summed E-state index contributed by atoms with van der Waals surface area (Å²) in [5.41, 5.74) is 6.21. The van der Waals surface area contributed by atoms with E-state index in [4.69, 9.17) is 5.73 Å². The fourth-order valence-corrected chi connectivity index (χ4v) is 3.15. The van der Waals surface area contributed by atoms with Gasteiger partial charge in [-0.3, -0.25) is 9.59 Å². The first kappa shape index (κ1) is 17.2. The summed E-state index contributed by atoms with van der Waals surface area (Å²) >= 11 is 1.34. The number of thioether (sulfide) groups is 1. The van der Waals surface area contributed by atoms with Crippen molar-refractivity contribution in [2.75, 3.05) is 11.1 Å². The number of benzene rings is 1. The lowest BCUT2D eigenvalue weighted by Gasteiger charge is -2.08. The van der Waals surface area contributed by atoms with Crippen LogP contribution < -0.4 is 11.1 Å². The highest BCUT2D eigenvalue weighted by molar-refractivity contribution is 7.99. The number of aromatic nitrogens is 3. The van der Waals surface area contributed by atoms with E-state index >= 15 is 0 Å². The summed E-state index contributed by atoms with van der Waals surface area (Å²) in [6.45, 7) is 4.41. The second-order valence-corrected chi connectivity index (χ2v) is 6.74. The number of amides is 2. The van der Waals surface area contributed by atoms with Gasteiger partial charge in [-0.25, -0.2) is 0 Å². The average Bonchev–Trinajstić information content (AvgIpc) is 3.36. The number of rotatable bonds is 8. The number of carbonyl (C=O) groups excluding carboxylic acids is 2. The molecule has 0 bridgehead atoms. The average molecular weight is 357 g/mol. The Bertz CT molecular complexity index is 796. The summed E-state index contributed by atoms with van der Waals surface area (Å²) in [6, 6.07) is 6.45. The molecule has 1 saturated carbocycles. The van der Waals surface area contributed by atoms with Gasteiger partial charge >= 0.3 is 0 Å². The van der Waals surface area contributed by atoms with Crippen molar-refractivity contribution in [3.63, 3.8) is 0 Å². The zero-order chi connectivity index (χ0) is 17.8. The molecule has 2 aromatic rings. The van der Waals surface area contributed by atoms with Crippen LogP contribution in [0, 0.1) is 0 Å². The van der Waals surface area contributed by atoms with Crippen molar-refractivity contribution in [3.8, 4) is 0 Å². The fraction of sp³-hybridized carbons (Fsp3) is 0.294. The lowest BCUT2D eigenvalue weighted by atomic mass is 10.2. The Morgan fingerprint density at radius 1 is 1.32 bits per heavy atom. The van der Waals surface area contributed by atoms with Gasteiger partial charge in [-0.2, -0.15) is 0 Å². The molecule has 0 spiro atoms. The second kappa shape index (κ2) is 7.52. The lowest BCUT2D eigenvalue weighted by molar-refractivity contribution is -0.113. The molecule has 25 heavy (non-hydrogen) atoms. The third-order valence-corrected chi connectivity index (χ3v) is 4.75. The molecule has 0 atom stereocenters. The monoisotopic (exact) mass is 357 g/mol. The molecule has 1 fully saturated rings. The van der Waals surface area contributed by atoms with Crippen LogP contribution in [0.25, 0.3) is 0 Å². The number of hydrogen-bond acceptors (Lipinski definition) is 5. The minimum atomic E-state index is -0.499. The second-order valence-electron chi connectivity index (χ2n) is 5.79. The van der Waals surface area contributed by atoms with E-state index in [-0.39, 0.29) is 11.7 Å². The van der Waals surface area contributed by atoms with E-state index in [1.807, 2.05) is 4.57 Å². The third-order valence-electron chi connectivity index (χ3n) is 3.79. The lowest BCUT2D eigenvalue weighted by Crippen LogP contribution is -2.15. The SMILES string of the molecule is C=CCn1c(SCC(=O)Nc2ccc(C(N)=O)cc2)nnc1C1CC1. The molecule has 1 aromatic carbocycles. The molecule has 7 nitrogen and oxygen atoms in total. The van der Waals surface area contributed by atoms with Gasteiger partial charge in [0.05, 0.1) is 5.75 Å². The minimum Gasteiger partial charge on any atom is -0.366 e. The molecule has 0 saturated heterocycles. The number of hydrogen-bond donors (Lipinski definition) is 2. The van der Waals surface area contributed by atoms with E-state index in [1.54, 1.807) is 30.3 Å². The summed E-state index contributed by atoms with van der Waals surface area (Å²) in [5, 5.41) is 12.0. The van der Waals surface area contributed by atoms with Crippen LogP contribution in [0.3, 0.4) is 0 Å². The number of carbonyl (C=O) groups is 2. The number of nitrogens with zero attached hydrogens (tertiary/aromatic N) is 3. The molecule has 0 unspecified atom stereocenters. The largest absolute Gasteiger partial charge is 0.366 e. The van der Waals surface area contributed by atoms with Crippen molar-refractivity contribution in [1.82, 2.24) is 14.8 Å². The molecule has 2 amide bonds. The Hall–Kier alpha value is -2.61. The van der Waals surface area contributed by atoms with Gasteiger partial charge in [0.15, 0.2) is 5.16 Å². The fourth-order valence-electron chi connectivity index (χ4n) is 2.40. The molecule has 130 valence electrons. The molecular weight excluding hydrogens is 338 g/mol. The minimum absolute atomic E-state index is 0.155. The van der Waals surface area contributed by atoms with Gasteiger partial charge in [0.2, 0.25) is 11.8 Å². The van der Waals surface area contributed by atoms with Gasteiger partial charge in [0.25, 0.3) is 0 Å². The molecule has 0 aliphatic heterocycles.